The number of furan rings is 1. The van der Waals surface area contributed by atoms with E-state index in [1.54, 1.807) is 47.6 Å². The SMILES string of the molecule is CCOc1ccc(C(=O)N2CCCC2C(=O)NCc2ccco2)cc1. The minimum atomic E-state index is -0.436. The van der Waals surface area contributed by atoms with Gasteiger partial charge in [0, 0.05) is 12.1 Å². The van der Waals surface area contributed by atoms with E-state index in [-0.39, 0.29) is 11.8 Å². The Kier molecular flexibility index (Phi) is 5.38. The highest BCUT2D eigenvalue weighted by Crippen LogP contribution is 2.22. The molecule has 25 heavy (non-hydrogen) atoms. The van der Waals surface area contributed by atoms with Crippen LogP contribution in [0.25, 0.3) is 0 Å². The van der Waals surface area contributed by atoms with Gasteiger partial charge in [-0.1, -0.05) is 0 Å². The number of rotatable bonds is 6. The molecule has 1 saturated heterocycles. The summed E-state index contributed by atoms with van der Waals surface area (Å²) in [4.78, 5) is 26.9. The lowest BCUT2D eigenvalue weighted by Crippen LogP contribution is -2.45. The first kappa shape index (κ1) is 17.1. The number of likely N-dealkylation sites (tertiary alicyclic amines) is 1. The van der Waals surface area contributed by atoms with E-state index in [2.05, 4.69) is 5.32 Å². The second-order valence-corrected chi connectivity index (χ2v) is 5.91. The first-order valence-electron chi connectivity index (χ1n) is 8.53. The van der Waals surface area contributed by atoms with Crippen LogP contribution >= 0.6 is 0 Å². The summed E-state index contributed by atoms with van der Waals surface area (Å²) in [5.74, 6) is 1.15. The zero-order valence-electron chi connectivity index (χ0n) is 14.2. The molecule has 0 bridgehead atoms. The third kappa shape index (κ3) is 4.02. The van der Waals surface area contributed by atoms with Crippen molar-refractivity contribution in [1.29, 1.82) is 0 Å². The Hall–Kier alpha value is -2.76. The zero-order chi connectivity index (χ0) is 17.6. The number of hydrogen-bond acceptors (Lipinski definition) is 4. The smallest absolute Gasteiger partial charge is 0.254 e. The fourth-order valence-electron chi connectivity index (χ4n) is 3.01. The molecule has 1 atom stereocenters. The number of ether oxygens (including phenoxy) is 1. The first-order chi connectivity index (χ1) is 12.2. The van der Waals surface area contributed by atoms with Crippen LogP contribution in [0, 0.1) is 0 Å². The maximum atomic E-state index is 12.8. The minimum Gasteiger partial charge on any atom is -0.494 e. The van der Waals surface area contributed by atoms with E-state index in [0.717, 1.165) is 12.2 Å². The van der Waals surface area contributed by atoms with Crippen LogP contribution in [0.15, 0.2) is 47.1 Å². The summed E-state index contributed by atoms with van der Waals surface area (Å²) < 4.78 is 10.6. The summed E-state index contributed by atoms with van der Waals surface area (Å²) in [6.45, 7) is 3.41. The van der Waals surface area contributed by atoms with Gasteiger partial charge in [-0.05, 0) is 56.2 Å². The fraction of sp³-hybridized carbons (Fsp3) is 0.368. The monoisotopic (exact) mass is 342 g/mol. The van der Waals surface area contributed by atoms with E-state index in [9.17, 15) is 9.59 Å². The Labute approximate surface area is 146 Å². The normalized spacial score (nSPS) is 16.7. The van der Waals surface area contributed by atoms with Gasteiger partial charge < -0.3 is 19.4 Å². The van der Waals surface area contributed by atoms with Crippen molar-refractivity contribution in [2.75, 3.05) is 13.2 Å². The third-order valence-electron chi connectivity index (χ3n) is 4.25. The summed E-state index contributed by atoms with van der Waals surface area (Å²) >= 11 is 0. The van der Waals surface area contributed by atoms with Gasteiger partial charge in [0.2, 0.25) is 5.91 Å². The second-order valence-electron chi connectivity index (χ2n) is 5.91. The molecule has 1 N–H and O–H groups in total. The molecule has 3 rings (SSSR count). The quantitative estimate of drug-likeness (QED) is 0.876. The van der Waals surface area contributed by atoms with Crippen molar-refractivity contribution in [2.45, 2.75) is 32.4 Å². The van der Waals surface area contributed by atoms with Crippen LogP contribution in [0.5, 0.6) is 5.75 Å². The Morgan fingerprint density at radius 3 is 2.76 bits per heavy atom. The summed E-state index contributed by atoms with van der Waals surface area (Å²) in [5, 5.41) is 2.84. The van der Waals surface area contributed by atoms with Crippen LogP contribution in [0.2, 0.25) is 0 Å². The zero-order valence-corrected chi connectivity index (χ0v) is 14.2. The summed E-state index contributed by atoms with van der Waals surface area (Å²) in [5.41, 5.74) is 0.564. The molecule has 1 aromatic heterocycles. The molecule has 6 nitrogen and oxygen atoms in total. The standard InChI is InChI=1S/C19H22N2O4/c1-2-24-15-9-7-14(8-10-15)19(23)21-11-3-6-17(21)18(22)20-13-16-5-4-12-25-16/h4-5,7-10,12,17H,2-3,6,11,13H2,1H3,(H,20,22). The van der Waals surface area contributed by atoms with Crippen molar-refractivity contribution in [3.8, 4) is 5.75 Å². The molecule has 1 aromatic carbocycles. The molecule has 1 unspecified atom stereocenters. The van der Waals surface area contributed by atoms with Gasteiger partial charge in [0.25, 0.3) is 5.91 Å². The molecule has 1 aliphatic rings. The van der Waals surface area contributed by atoms with Gasteiger partial charge in [-0.2, -0.15) is 0 Å². The predicted molar refractivity (Wildman–Crippen MR) is 92.2 cm³/mol. The highest BCUT2D eigenvalue weighted by atomic mass is 16.5. The largest absolute Gasteiger partial charge is 0.494 e. The number of nitrogens with zero attached hydrogens (tertiary/aromatic N) is 1. The Morgan fingerprint density at radius 2 is 2.08 bits per heavy atom. The molecule has 0 radical (unpaired) electrons. The topological polar surface area (TPSA) is 71.8 Å². The van der Waals surface area contributed by atoms with Crippen molar-refractivity contribution in [1.82, 2.24) is 10.2 Å². The van der Waals surface area contributed by atoms with Crippen molar-refractivity contribution in [3.63, 3.8) is 0 Å². The van der Waals surface area contributed by atoms with Gasteiger partial charge in [-0.25, -0.2) is 0 Å². The number of carbonyl (C=O) groups is 2. The van der Waals surface area contributed by atoms with Crippen molar-refractivity contribution < 1.29 is 18.7 Å². The lowest BCUT2D eigenvalue weighted by Gasteiger charge is -2.24. The fourth-order valence-corrected chi connectivity index (χ4v) is 3.01. The minimum absolute atomic E-state index is 0.126. The molecule has 1 aliphatic heterocycles. The lowest BCUT2D eigenvalue weighted by molar-refractivity contribution is -0.125. The molecule has 1 fully saturated rings. The van der Waals surface area contributed by atoms with E-state index in [4.69, 9.17) is 9.15 Å². The maximum Gasteiger partial charge on any atom is 0.254 e. The third-order valence-corrected chi connectivity index (χ3v) is 4.25. The van der Waals surface area contributed by atoms with Crippen LogP contribution < -0.4 is 10.1 Å². The predicted octanol–water partition coefficient (Wildman–Crippen LogP) is 2.60. The average molecular weight is 342 g/mol. The van der Waals surface area contributed by atoms with E-state index in [1.165, 1.54) is 0 Å². The van der Waals surface area contributed by atoms with Gasteiger partial charge in [0.15, 0.2) is 0 Å². The van der Waals surface area contributed by atoms with E-state index in [1.807, 2.05) is 6.92 Å². The Balaban J connectivity index is 1.63. The van der Waals surface area contributed by atoms with Crippen LogP contribution in [-0.2, 0) is 11.3 Å². The molecule has 2 aromatic rings. The van der Waals surface area contributed by atoms with Crippen molar-refractivity contribution in [2.24, 2.45) is 0 Å². The number of benzene rings is 1. The lowest BCUT2D eigenvalue weighted by atomic mass is 10.1. The summed E-state index contributed by atoms with van der Waals surface area (Å²) in [7, 11) is 0. The van der Waals surface area contributed by atoms with E-state index < -0.39 is 6.04 Å². The maximum absolute atomic E-state index is 12.8. The van der Waals surface area contributed by atoms with Crippen LogP contribution in [0.1, 0.15) is 35.9 Å². The average Bonchev–Trinajstić information content (AvgIpc) is 3.31. The first-order valence-corrected chi connectivity index (χ1v) is 8.53. The highest BCUT2D eigenvalue weighted by molar-refractivity contribution is 5.98. The van der Waals surface area contributed by atoms with Crippen molar-refractivity contribution >= 4 is 11.8 Å². The van der Waals surface area contributed by atoms with E-state index in [0.29, 0.717) is 37.4 Å². The molecule has 0 spiro atoms. The van der Waals surface area contributed by atoms with Gasteiger partial charge in [-0.3, -0.25) is 9.59 Å². The Bertz CT molecular complexity index is 710. The van der Waals surface area contributed by atoms with Gasteiger partial charge in [0.05, 0.1) is 19.4 Å². The molecule has 0 aliphatic carbocycles. The van der Waals surface area contributed by atoms with Crippen LogP contribution in [0.3, 0.4) is 0 Å². The molecule has 132 valence electrons. The second kappa shape index (κ2) is 7.88. The molecular formula is C19H22N2O4. The molecule has 2 heterocycles. The van der Waals surface area contributed by atoms with E-state index >= 15 is 0 Å². The molecular weight excluding hydrogens is 320 g/mol. The summed E-state index contributed by atoms with van der Waals surface area (Å²) in [6.07, 6.45) is 3.06. The van der Waals surface area contributed by atoms with Gasteiger partial charge in [0.1, 0.15) is 17.6 Å². The van der Waals surface area contributed by atoms with Crippen molar-refractivity contribution in [3.05, 3.63) is 54.0 Å². The van der Waals surface area contributed by atoms with Crippen LogP contribution in [-0.4, -0.2) is 35.9 Å². The van der Waals surface area contributed by atoms with Crippen LogP contribution in [0.4, 0.5) is 0 Å². The Morgan fingerprint density at radius 1 is 1.28 bits per heavy atom. The number of hydrogen-bond donors (Lipinski definition) is 1. The molecule has 0 saturated carbocycles. The highest BCUT2D eigenvalue weighted by Gasteiger charge is 2.34. The van der Waals surface area contributed by atoms with Gasteiger partial charge in [-0.15, -0.1) is 0 Å². The number of carbonyl (C=O) groups excluding carboxylic acids is 2. The van der Waals surface area contributed by atoms with Gasteiger partial charge >= 0.3 is 0 Å². The number of nitrogens with one attached hydrogen (secondary N) is 1. The molecule has 2 amide bonds. The number of amides is 2. The molecule has 6 heteroatoms. The summed E-state index contributed by atoms with van der Waals surface area (Å²) in [6, 6.07) is 10.2.